The molecule has 1 atom stereocenters. The van der Waals surface area contributed by atoms with Crippen LogP contribution in [0.15, 0.2) is 48.5 Å². The topological polar surface area (TPSA) is 113 Å². The summed E-state index contributed by atoms with van der Waals surface area (Å²) in [6.07, 6.45) is -0.458. The number of nitrogens with zero attached hydrogens (tertiary/aromatic N) is 5. The Morgan fingerprint density at radius 3 is 2.36 bits per heavy atom. The average molecular weight is 601 g/mol. The van der Waals surface area contributed by atoms with Gasteiger partial charge in [-0.05, 0) is 64.7 Å². The number of ether oxygens (including phenoxy) is 2. The second-order valence-electron chi connectivity index (χ2n) is 12.2. The predicted molar refractivity (Wildman–Crippen MR) is 171 cm³/mol. The second kappa shape index (κ2) is 12.1. The van der Waals surface area contributed by atoms with Crippen LogP contribution in [0, 0.1) is 13.8 Å². The number of alkyl carbamates (subject to hydrolysis) is 1. The highest BCUT2D eigenvalue weighted by atomic mass is 16.7. The van der Waals surface area contributed by atoms with Crippen LogP contribution in [0.2, 0.25) is 0 Å². The Kier molecular flexibility index (Phi) is 8.59. The Labute approximate surface area is 259 Å². The molecule has 2 aromatic heterocycles. The summed E-state index contributed by atoms with van der Waals surface area (Å²) >= 11 is 0. The zero-order chi connectivity index (χ0) is 31.8. The van der Waals surface area contributed by atoms with E-state index in [4.69, 9.17) is 23.9 Å². The lowest BCUT2D eigenvalue weighted by molar-refractivity contribution is 0.00578. The van der Waals surface area contributed by atoms with Crippen LogP contribution in [-0.4, -0.2) is 72.1 Å². The fraction of sp³-hybridized carbons (Fsp3) is 0.438. The number of nitrogens with one attached hydrogen (secondary N) is 1. The third kappa shape index (κ3) is 5.96. The highest BCUT2D eigenvalue weighted by Crippen LogP contribution is 2.38. The van der Waals surface area contributed by atoms with Gasteiger partial charge < -0.3 is 29.0 Å². The fourth-order valence-corrected chi connectivity index (χ4v) is 5.22. The van der Waals surface area contributed by atoms with Gasteiger partial charge in [0.25, 0.3) is 0 Å². The van der Waals surface area contributed by atoms with Crippen molar-refractivity contribution in [2.75, 3.05) is 32.6 Å². The highest BCUT2D eigenvalue weighted by molar-refractivity contribution is 6.62. The maximum Gasteiger partial charge on any atom is 0.494 e. The van der Waals surface area contributed by atoms with Gasteiger partial charge in [0.15, 0.2) is 5.82 Å². The lowest BCUT2D eigenvalue weighted by Gasteiger charge is -2.32. The quantitative estimate of drug-likeness (QED) is 0.274. The minimum Gasteiger partial charge on any atom is -0.483 e. The lowest BCUT2D eigenvalue weighted by atomic mass is 9.79. The van der Waals surface area contributed by atoms with Gasteiger partial charge >= 0.3 is 13.2 Å². The average Bonchev–Trinajstić information content (AvgIpc) is 3.44. The first kappa shape index (κ1) is 31.3. The first-order valence-electron chi connectivity index (χ1n) is 14.8. The van der Waals surface area contributed by atoms with Gasteiger partial charge in [0.05, 0.1) is 34.6 Å². The minimum absolute atomic E-state index is 0.175. The minimum atomic E-state index is -0.577. The van der Waals surface area contributed by atoms with Crippen LogP contribution in [0.5, 0.6) is 5.75 Å². The molecule has 0 saturated carbocycles. The number of anilines is 1. The van der Waals surface area contributed by atoms with Crippen LogP contribution >= 0.6 is 0 Å². The highest BCUT2D eigenvalue weighted by Gasteiger charge is 2.51. The van der Waals surface area contributed by atoms with Crippen LogP contribution in [0.1, 0.15) is 57.2 Å². The summed E-state index contributed by atoms with van der Waals surface area (Å²) in [4.78, 5) is 13.7. The molecular formula is C32H41BN6O5. The van der Waals surface area contributed by atoms with E-state index in [1.54, 1.807) is 0 Å². The molecule has 0 spiro atoms. The van der Waals surface area contributed by atoms with E-state index in [2.05, 4.69) is 15.5 Å². The SMILES string of the molecule is CNC(=O)OCCC(Oc1ccc(B2OC(C)(C)C(C)(C)O2)cc1-n1nc2c(N(C)C)nnc(C)c2c1C)c1ccccc1. The van der Waals surface area contributed by atoms with Gasteiger partial charge in [-0.1, -0.05) is 36.4 Å². The van der Waals surface area contributed by atoms with E-state index in [1.807, 2.05) is 114 Å². The number of aryl methyl sites for hydroxylation is 2. The van der Waals surface area contributed by atoms with Crippen molar-refractivity contribution >= 4 is 35.4 Å². The molecule has 1 amide bonds. The number of hydrogen-bond acceptors (Lipinski definition) is 9. The van der Waals surface area contributed by atoms with Crippen molar-refractivity contribution < 1.29 is 23.6 Å². The van der Waals surface area contributed by atoms with E-state index in [1.165, 1.54) is 7.05 Å². The number of carbonyl (C=O) groups excluding carboxylic acids is 1. The second-order valence-corrected chi connectivity index (χ2v) is 12.2. The maximum atomic E-state index is 11.8. The molecule has 12 heteroatoms. The van der Waals surface area contributed by atoms with Crippen molar-refractivity contribution in [3.63, 3.8) is 0 Å². The summed E-state index contributed by atoms with van der Waals surface area (Å²) in [5.41, 5.74) is 3.93. The first-order valence-corrected chi connectivity index (χ1v) is 14.8. The van der Waals surface area contributed by atoms with Crippen molar-refractivity contribution in [3.05, 3.63) is 65.5 Å². The number of aromatic nitrogens is 4. The molecule has 44 heavy (non-hydrogen) atoms. The molecule has 232 valence electrons. The summed E-state index contributed by atoms with van der Waals surface area (Å²) in [7, 11) is 4.80. The van der Waals surface area contributed by atoms with E-state index < -0.39 is 30.5 Å². The van der Waals surface area contributed by atoms with E-state index in [0.29, 0.717) is 23.7 Å². The number of rotatable bonds is 9. The van der Waals surface area contributed by atoms with Gasteiger partial charge in [-0.15, -0.1) is 5.10 Å². The summed E-state index contributed by atoms with van der Waals surface area (Å²) in [5.74, 6) is 1.27. The molecule has 4 aromatic rings. The van der Waals surface area contributed by atoms with Crippen LogP contribution in [0.4, 0.5) is 10.6 Å². The Morgan fingerprint density at radius 1 is 1.05 bits per heavy atom. The fourth-order valence-electron chi connectivity index (χ4n) is 5.22. The first-order chi connectivity index (χ1) is 20.8. The van der Waals surface area contributed by atoms with Crippen molar-refractivity contribution in [2.24, 2.45) is 0 Å². The van der Waals surface area contributed by atoms with Gasteiger partial charge in [0.1, 0.15) is 23.1 Å². The Hall–Kier alpha value is -4.16. The molecule has 1 unspecified atom stereocenters. The summed E-state index contributed by atoms with van der Waals surface area (Å²) < 4.78 is 26.8. The third-order valence-electron chi connectivity index (χ3n) is 8.40. The number of fused-ring (bicyclic) bond motifs is 1. The molecule has 0 aliphatic carbocycles. The molecule has 3 heterocycles. The van der Waals surface area contributed by atoms with Crippen LogP contribution in [0.3, 0.4) is 0 Å². The Balaban J connectivity index is 1.63. The lowest BCUT2D eigenvalue weighted by Crippen LogP contribution is -2.41. The molecule has 11 nitrogen and oxygen atoms in total. The molecule has 5 rings (SSSR count). The monoisotopic (exact) mass is 600 g/mol. The largest absolute Gasteiger partial charge is 0.494 e. The molecule has 1 aliphatic heterocycles. The maximum absolute atomic E-state index is 11.8. The molecule has 1 aliphatic rings. The number of hydrogen-bond donors (Lipinski definition) is 1. The zero-order valence-electron chi connectivity index (χ0n) is 27.0. The Bertz CT molecular complexity index is 1640. The van der Waals surface area contributed by atoms with Gasteiger partial charge in [0.2, 0.25) is 0 Å². The van der Waals surface area contributed by atoms with Gasteiger partial charge in [-0.2, -0.15) is 10.2 Å². The number of carbonyl (C=O) groups is 1. The molecule has 1 saturated heterocycles. The summed E-state index contributed by atoms with van der Waals surface area (Å²) in [5, 5.41) is 17.3. The molecular weight excluding hydrogens is 559 g/mol. The standard InChI is InChI=1S/C32H41BN6O5/c1-20-27-21(2)39(37-28(27)29(36-35-20)38(8)9)24-19-23(33-43-31(3,4)32(5,6)44-33)15-16-26(24)42-25(17-18-41-30(40)34-7)22-13-11-10-12-14-22/h10-16,19,25H,17-18H2,1-9H3,(H,34,40). The van der Waals surface area contributed by atoms with E-state index in [0.717, 1.165) is 33.3 Å². The number of amides is 1. The van der Waals surface area contributed by atoms with Crippen LogP contribution < -0.4 is 20.4 Å². The zero-order valence-corrected chi connectivity index (χ0v) is 27.0. The van der Waals surface area contributed by atoms with Gasteiger partial charge in [-0.25, -0.2) is 9.48 Å². The van der Waals surface area contributed by atoms with Crippen molar-refractivity contribution in [2.45, 2.75) is 65.3 Å². The van der Waals surface area contributed by atoms with Crippen molar-refractivity contribution in [1.82, 2.24) is 25.3 Å². The normalized spacial score (nSPS) is 16.2. The number of benzene rings is 2. The third-order valence-corrected chi connectivity index (χ3v) is 8.40. The summed E-state index contributed by atoms with van der Waals surface area (Å²) in [6.45, 7) is 12.3. The molecule has 0 radical (unpaired) electrons. The van der Waals surface area contributed by atoms with Crippen LogP contribution in [0.25, 0.3) is 16.6 Å². The smallest absolute Gasteiger partial charge is 0.483 e. The molecule has 1 N–H and O–H groups in total. The van der Waals surface area contributed by atoms with E-state index >= 15 is 0 Å². The Morgan fingerprint density at radius 2 is 1.73 bits per heavy atom. The van der Waals surface area contributed by atoms with Gasteiger partial charge in [-0.3, -0.25) is 0 Å². The van der Waals surface area contributed by atoms with Crippen molar-refractivity contribution in [3.8, 4) is 11.4 Å². The van der Waals surface area contributed by atoms with Crippen LogP contribution in [-0.2, 0) is 14.0 Å². The van der Waals surface area contributed by atoms with E-state index in [-0.39, 0.29) is 6.61 Å². The predicted octanol–water partition coefficient (Wildman–Crippen LogP) is 4.66. The van der Waals surface area contributed by atoms with Gasteiger partial charge in [0, 0.05) is 27.6 Å². The molecule has 0 bridgehead atoms. The summed E-state index contributed by atoms with van der Waals surface area (Å²) in [6, 6.07) is 15.8. The van der Waals surface area contributed by atoms with Crippen molar-refractivity contribution in [1.29, 1.82) is 0 Å². The molecule has 1 fully saturated rings. The molecule has 2 aromatic carbocycles. The van der Waals surface area contributed by atoms with E-state index in [9.17, 15) is 4.79 Å².